The third-order valence-electron chi connectivity index (χ3n) is 3.60. The molecule has 0 unspecified atom stereocenters. The molecule has 1 aliphatic heterocycles. The first-order valence-electron chi connectivity index (χ1n) is 6.98. The van der Waals surface area contributed by atoms with Crippen LogP contribution in [0.5, 0.6) is 11.5 Å². The average Bonchev–Trinajstić information content (AvgIpc) is 2.96. The second-order valence-electron chi connectivity index (χ2n) is 4.88. The largest absolute Gasteiger partial charge is 0.493 e. The van der Waals surface area contributed by atoms with E-state index in [1.54, 1.807) is 14.2 Å². The minimum absolute atomic E-state index is 0.793. The molecule has 2 rings (SSSR count). The van der Waals surface area contributed by atoms with Crippen LogP contribution in [0.15, 0.2) is 18.2 Å². The normalized spacial score (nSPS) is 15.7. The number of ether oxygens (including phenoxy) is 2. The molecule has 1 N–H and O–H groups in total. The number of hydrogen-bond acceptors (Lipinski definition) is 4. The third-order valence-corrected chi connectivity index (χ3v) is 3.60. The number of rotatable bonds is 7. The van der Waals surface area contributed by atoms with Crippen LogP contribution in [0.2, 0.25) is 0 Å². The minimum Gasteiger partial charge on any atom is -0.493 e. The van der Waals surface area contributed by atoms with Gasteiger partial charge < -0.3 is 19.7 Å². The fourth-order valence-electron chi connectivity index (χ4n) is 2.56. The van der Waals surface area contributed by atoms with Crippen LogP contribution in [0, 0.1) is 0 Å². The molecule has 1 saturated heterocycles. The molecule has 1 aromatic carbocycles. The Balaban J connectivity index is 1.81. The molecule has 19 heavy (non-hydrogen) atoms. The zero-order valence-electron chi connectivity index (χ0n) is 11.9. The van der Waals surface area contributed by atoms with E-state index in [0.717, 1.165) is 36.7 Å². The molecule has 1 aliphatic rings. The van der Waals surface area contributed by atoms with Crippen LogP contribution < -0.4 is 14.8 Å². The van der Waals surface area contributed by atoms with E-state index in [9.17, 15) is 0 Å². The van der Waals surface area contributed by atoms with Gasteiger partial charge in [-0.2, -0.15) is 0 Å². The lowest BCUT2D eigenvalue weighted by atomic mass is 10.2. The van der Waals surface area contributed by atoms with Crippen LogP contribution in [0.3, 0.4) is 0 Å². The van der Waals surface area contributed by atoms with Gasteiger partial charge in [0.2, 0.25) is 0 Å². The predicted octanol–water partition coefficient (Wildman–Crippen LogP) is 1.89. The fourth-order valence-corrected chi connectivity index (χ4v) is 2.56. The van der Waals surface area contributed by atoms with E-state index < -0.39 is 0 Å². The van der Waals surface area contributed by atoms with E-state index in [-0.39, 0.29) is 0 Å². The minimum atomic E-state index is 0.793. The van der Waals surface area contributed by atoms with Gasteiger partial charge in [0.05, 0.1) is 14.2 Å². The van der Waals surface area contributed by atoms with Crippen molar-refractivity contribution in [3.05, 3.63) is 23.8 Å². The Labute approximate surface area is 115 Å². The quantitative estimate of drug-likeness (QED) is 0.763. The number of nitrogens with one attached hydrogen (secondary N) is 1. The lowest BCUT2D eigenvalue weighted by Gasteiger charge is -2.16. The van der Waals surface area contributed by atoms with Gasteiger partial charge in [-0.15, -0.1) is 0 Å². The average molecular weight is 264 g/mol. The van der Waals surface area contributed by atoms with Gasteiger partial charge in [-0.1, -0.05) is 12.1 Å². The first kappa shape index (κ1) is 14.2. The monoisotopic (exact) mass is 264 g/mol. The highest BCUT2D eigenvalue weighted by atomic mass is 16.5. The van der Waals surface area contributed by atoms with Gasteiger partial charge in [-0.25, -0.2) is 0 Å². The number of nitrogens with zero attached hydrogens (tertiary/aromatic N) is 1. The molecule has 106 valence electrons. The number of para-hydroxylation sites is 1. The smallest absolute Gasteiger partial charge is 0.165 e. The van der Waals surface area contributed by atoms with Crippen molar-refractivity contribution >= 4 is 0 Å². The molecule has 0 atom stereocenters. The van der Waals surface area contributed by atoms with Crippen molar-refractivity contribution in [2.24, 2.45) is 0 Å². The van der Waals surface area contributed by atoms with Gasteiger partial charge >= 0.3 is 0 Å². The first-order chi connectivity index (χ1) is 9.35. The summed E-state index contributed by atoms with van der Waals surface area (Å²) in [5.74, 6) is 1.63. The van der Waals surface area contributed by atoms with E-state index in [0.29, 0.717) is 0 Å². The number of benzene rings is 1. The van der Waals surface area contributed by atoms with Gasteiger partial charge in [0.1, 0.15) is 0 Å². The highest BCUT2D eigenvalue weighted by Gasteiger charge is 2.11. The maximum absolute atomic E-state index is 5.42. The Hall–Kier alpha value is -1.26. The van der Waals surface area contributed by atoms with Crippen LogP contribution in [0.4, 0.5) is 0 Å². The van der Waals surface area contributed by atoms with Crippen LogP contribution in [0.1, 0.15) is 18.4 Å². The number of likely N-dealkylation sites (tertiary alicyclic amines) is 1. The summed E-state index contributed by atoms with van der Waals surface area (Å²) in [5, 5.41) is 3.48. The Morgan fingerprint density at radius 3 is 2.63 bits per heavy atom. The standard InChI is InChI=1S/C15H24N2O2/c1-18-14-7-5-6-13(15(14)19-2)12-16-8-11-17-9-3-4-10-17/h5-7,16H,3-4,8-12H2,1-2H3. The maximum atomic E-state index is 5.42. The summed E-state index contributed by atoms with van der Waals surface area (Å²) in [6.45, 7) is 5.47. The summed E-state index contributed by atoms with van der Waals surface area (Å²) in [5.41, 5.74) is 1.14. The van der Waals surface area contributed by atoms with Crippen LogP contribution in [-0.2, 0) is 6.54 Å². The van der Waals surface area contributed by atoms with E-state index in [1.165, 1.54) is 25.9 Å². The summed E-state index contributed by atoms with van der Waals surface area (Å²) in [4.78, 5) is 2.51. The number of hydrogen-bond donors (Lipinski definition) is 1. The third kappa shape index (κ3) is 3.85. The summed E-state index contributed by atoms with van der Waals surface area (Å²) in [7, 11) is 3.36. The highest BCUT2D eigenvalue weighted by molar-refractivity contribution is 5.46. The highest BCUT2D eigenvalue weighted by Crippen LogP contribution is 2.30. The molecule has 4 heteroatoms. The zero-order valence-corrected chi connectivity index (χ0v) is 11.9. The molecular formula is C15H24N2O2. The van der Waals surface area contributed by atoms with Crippen molar-refractivity contribution < 1.29 is 9.47 Å². The van der Waals surface area contributed by atoms with E-state index in [1.807, 2.05) is 12.1 Å². The fraction of sp³-hybridized carbons (Fsp3) is 0.600. The van der Waals surface area contributed by atoms with Crippen molar-refractivity contribution in [2.75, 3.05) is 40.4 Å². The van der Waals surface area contributed by atoms with Gasteiger partial charge in [-0.05, 0) is 32.0 Å². The molecule has 0 amide bonds. The van der Waals surface area contributed by atoms with E-state index >= 15 is 0 Å². The lowest BCUT2D eigenvalue weighted by molar-refractivity contribution is 0.333. The molecule has 0 aliphatic carbocycles. The molecule has 1 aromatic rings. The molecule has 0 saturated carbocycles. The topological polar surface area (TPSA) is 33.7 Å². The van der Waals surface area contributed by atoms with Crippen molar-refractivity contribution in [3.8, 4) is 11.5 Å². The van der Waals surface area contributed by atoms with Crippen molar-refractivity contribution in [2.45, 2.75) is 19.4 Å². The van der Waals surface area contributed by atoms with Crippen LogP contribution in [-0.4, -0.2) is 45.3 Å². The van der Waals surface area contributed by atoms with Gasteiger partial charge in [-0.3, -0.25) is 0 Å². The Morgan fingerprint density at radius 2 is 1.95 bits per heavy atom. The van der Waals surface area contributed by atoms with Crippen LogP contribution in [0.25, 0.3) is 0 Å². The molecule has 4 nitrogen and oxygen atoms in total. The van der Waals surface area contributed by atoms with E-state index in [4.69, 9.17) is 9.47 Å². The predicted molar refractivity (Wildman–Crippen MR) is 76.9 cm³/mol. The Kier molecular flexibility index (Phi) is 5.48. The summed E-state index contributed by atoms with van der Waals surface area (Å²) in [6.07, 6.45) is 2.70. The second kappa shape index (κ2) is 7.36. The lowest BCUT2D eigenvalue weighted by Crippen LogP contribution is -2.29. The van der Waals surface area contributed by atoms with E-state index in [2.05, 4.69) is 16.3 Å². The Bertz CT molecular complexity index is 390. The molecule has 0 radical (unpaired) electrons. The molecule has 1 heterocycles. The summed E-state index contributed by atoms with van der Waals surface area (Å²) >= 11 is 0. The van der Waals surface area contributed by atoms with Crippen LogP contribution >= 0.6 is 0 Å². The molecule has 0 bridgehead atoms. The summed E-state index contributed by atoms with van der Waals surface area (Å²) < 4.78 is 10.7. The SMILES string of the molecule is COc1cccc(CNCCN2CCCC2)c1OC. The molecular weight excluding hydrogens is 240 g/mol. The molecule has 0 aromatic heterocycles. The van der Waals surface area contributed by atoms with Gasteiger partial charge in [0, 0.05) is 25.2 Å². The molecule has 0 spiro atoms. The van der Waals surface area contributed by atoms with Gasteiger partial charge in [0.25, 0.3) is 0 Å². The zero-order chi connectivity index (χ0) is 13.5. The van der Waals surface area contributed by atoms with Crippen molar-refractivity contribution in [1.82, 2.24) is 10.2 Å². The first-order valence-corrected chi connectivity index (χ1v) is 6.98. The van der Waals surface area contributed by atoms with Gasteiger partial charge in [0.15, 0.2) is 11.5 Å². The van der Waals surface area contributed by atoms with Crippen molar-refractivity contribution in [3.63, 3.8) is 0 Å². The Morgan fingerprint density at radius 1 is 1.16 bits per heavy atom. The second-order valence-corrected chi connectivity index (χ2v) is 4.88. The maximum Gasteiger partial charge on any atom is 0.165 e. The summed E-state index contributed by atoms with van der Waals surface area (Å²) in [6, 6.07) is 6.00. The van der Waals surface area contributed by atoms with Crippen molar-refractivity contribution in [1.29, 1.82) is 0 Å². The number of methoxy groups -OCH3 is 2. The molecule has 1 fully saturated rings.